The van der Waals surface area contributed by atoms with E-state index in [1.165, 1.54) is 54.0 Å². The van der Waals surface area contributed by atoms with Gasteiger partial charge >= 0.3 is 0 Å². The number of benzene rings is 3. The lowest BCUT2D eigenvalue weighted by molar-refractivity contribution is 0.119. The molecule has 2 heterocycles. The maximum Gasteiger partial charge on any atom is 0.152 e. The topological polar surface area (TPSA) is 60.0 Å². The lowest BCUT2D eigenvalue weighted by atomic mass is 9.96. The van der Waals surface area contributed by atoms with Gasteiger partial charge in [0, 0.05) is 30.4 Å². The van der Waals surface area contributed by atoms with E-state index in [-0.39, 0.29) is 5.54 Å². The second-order valence-corrected chi connectivity index (χ2v) is 13.4. The molecule has 5 aromatic rings. The number of nitrogen functional groups attached to an aromatic ring is 1. The lowest BCUT2D eigenvalue weighted by Crippen LogP contribution is -2.41. The van der Waals surface area contributed by atoms with Gasteiger partial charge in [-0.05, 0) is 74.0 Å². The normalized spacial score (nSPS) is 14.7. The Hall–Kier alpha value is -3.44. The van der Waals surface area contributed by atoms with Gasteiger partial charge in [-0.3, -0.25) is 4.90 Å². The van der Waals surface area contributed by atoms with Gasteiger partial charge in [0.1, 0.15) is 11.3 Å². The number of fused-ring (bicyclic) bond motifs is 4. The minimum Gasteiger partial charge on any atom is -0.382 e. The van der Waals surface area contributed by atoms with Gasteiger partial charge in [-0.1, -0.05) is 93.6 Å². The van der Waals surface area contributed by atoms with Crippen molar-refractivity contribution in [1.82, 2.24) is 19.4 Å². The van der Waals surface area contributed by atoms with Crippen LogP contribution in [0.15, 0.2) is 60.7 Å². The van der Waals surface area contributed by atoms with Crippen molar-refractivity contribution in [2.75, 3.05) is 12.3 Å². The molecule has 5 heteroatoms. The molecule has 6 rings (SSSR count). The van der Waals surface area contributed by atoms with Gasteiger partial charge in [-0.25, -0.2) is 9.97 Å². The summed E-state index contributed by atoms with van der Waals surface area (Å²) in [7, 11) is 0. The van der Waals surface area contributed by atoms with Gasteiger partial charge in [0.2, 0.25) is 0 Å². The lowest BCUT2D eigenvalue weighted by Gasteiger charge is -2.37. The molecule has 0 unspecified atom stereocenters. The fraction of sp³-hybridized carbons (Fsp3) is 0.459. The highest BCUT2D eigenvalue weighted by molar-refractivity contribution is 6.06. The standard InChI is InChI=1S/C37H47N5/c1-5-6-19-33-40-34-35(31-17-11-12-18-32(31)39-36(34)38)42(33)25-28-21-20-27(29-15-9-10-16-30(28)29)24-41(37(2,3)4)23-22-26-13-7-8-14-26/h9-12,15-18,20-21,26H,5-8,13-14,19,22-25H2,1-4H3,(H2,38,39). The summed E-state index contributed by atoms with van der Waals surface area (Å²) >= 11 is 0. The van der Waals surface area contributed by atoms with E-state index < -0.39 is 0 Å². The fourth-order valence-corrected chi connectivity index (χ4v) is 6.97. The summed E-state index contributed by atoms with van der Waals surface area (Å²) in [4.78, 5) is 12.5. The molecule has 0 aliphatic heterocycles. The summed E-state index contributed by atoms with van der Waals surface area (Å²) in [6, 6.07) is 22.0. The molecule has 2 aromatic heterocycles. The molecular weight excluding hydrogens is 514 g/mol. The number of para-hydroxylation sites is 1. The van der Waals surface area contributed by atoms with Gasteiger partial charge in [0.25, 0.3) is 0 Å². The van der Waals surface area contributed by atoms with Gasteiger partial charge in [-0.15, -0.1) is 0 Å². The van der Waals surface area contributed by atoms with Crippen LogP contribution >= 0.6 is 0 Å². The third-order valence-electron chi connectivity index (χ3n) is 9.47. The van der Waals surface area contributed by atoms with Crippen LogP contribution in [0, 0.1) is 5.92 Å². The van der Waals surface area contributed by atoms with Crippen molar-refractivity contribution in [3.8, 4) is 0 Å². The monoisotopic (exact) mass is 561 g/mol. The molecule has 42 heavy (non-hydrogen) atoms. The Balaban J connectivity index is 1.39. The molecule has 1 aliphatic rings. The SMILES string of the molecule is CCCCc1nc2c(N)nc3ccccc3c2n1Cc1ccc(CN(CCC2CCCC2)C(C)(C)C)c2ccccc12. The predicted molar refractivity (Wildman–Crippen MR) is 178 cm³/mol. The number of aryl methyl sites for hydroxylation is 1. The molecule has 2 N–H and O–H groups in total. The second kappa shape index (κ2) is 12.0. The molecule has 0 atom stereocenters. The van der Waals surface area contributed by atoms with Crippen LogP contribution in [-0.2, 0) is 19.5 Å². The number of nitrogens with two attached hydrogens (primary N) is 1. The highest BCUT2D eigenvalue weighted by Crippen LogP contribution is 2.33. The van der Waals surface area contributed by atoms with Crippen molar-refractivity contribution < 1.29 is 0 Å². The molecule has 1 aliphatic carbocycles. The van der Waals surface area contributed by atoms with Gasteiger partial charge < -0.3 is 10.3 Å². The van der Waals surface area contributed by atoms with Crippen molar-refractivity contribution in [1.29, 1.82) is 0 Å². The van der Waals surface area contributed by atoms with E-state index in [0.29, 0.717) is 5.82 Å². The molecule has 0 bridgehead atoms. The Morgan fingerprint density at radius 1 is 0.881 bits per heavy atom. The number of nitrogens with zero attached hydrogens (tertiary/aromatic N) is 4. The summed E-state index contributed by atoms with van der Waals surface area (Å²) in [6.45, 7) is 12.2. The highest BCUT2D eigenvalue weighted by atomic mass is 15.2. The molecule has 0 saturated heterocycles. The van der Waals surface area contributed by atoms with E-state index in [9.17, 15) is 0 Å². The zero-order chi connectivity index (χ0) is 29.3. The van der Waals surface area contributed by atoms with Crippen LogP contribution in [0.2, 0.25) is 0 Å². The van der Waals surface area contributed by atoms with Gasteiger partial charge in [0.15, 0.2) is 5.82 Å². The average molecular weight is 562 g/mol. The number of aromatic nitrogens is 3. The zero-order valence-corrected chi connectivity index (χ0v) is 26.0. The summed E-state index contributed by atoms with van der Waals surface area (Å²) in [5, 5.41) is 3.80. The summed E-state index contributed by atoms with van der Waals surface area (Å²) in [5.41, 5.74) is 12.2. The fourth-order valence-electron chi connectivity index (χ4n) is 6.97. The first-order valence-electron chi connectivity index (χ1n) is 16.1. The minimum atomic E-state index is 0.122. The van der Waals surface area contributed by atoms with Crippen LogP contribution in [0.5, 0.6) is 0 Å². The van der Waals surface area contributed by atoms with Crippen LogP contribution in [0.3, 0.4) is 0 Å². The number of pyridine rings is 1. The van der Waals surface area contributed by atoms with Crippen molar-refractivity contribution >= 4 is 38.5 Å². The van der Waals surface area contributed by atoms with Crippen LogP contribution in [0.4, 0.5) is 5.82 Å². The third kappa shape index (κ3) is 5.76. The van der Waals surface area contributed by atoms with E-state index in [4.69, 9.17) is 15.7 Å². The average Bonchev–Trinajstić information content (AvgIpc) is 3.63. The molecule has 0 spiro atoms. The molecule has 220 valence electrons. The number of hydrogen-bond donors (Lipinski definition) is 1. The first-order chi connectivity index (χ1) is 20.3. The molecule has 0 amide bonds. The van der Waals surface area contributed by atoms with Crippen molar-refractivity contribution in [3.63, 3.8) is 0 Å². The van der Waals surface area contributed by atoms with Crippen LogP contribution in [0.1, 0.15) is 89.6 Å². The maximum absolute atomic E-state index is 6.49. The molecule has 3 aromatic carbocycles. The second-order valence-electron chi connectivity index (χ2n) is 13.4. The summed E-state index contributed by atoms with van der Waals surface area (Å²) in [6.07, 6.45) is 10.1. The minimum absolute atomic E-state index is 0.122. The Morgan fingerprint density at radius 2 is 1.55 bits per heavy atom. The number of imidazole rings is 1. The number of hydrogen-bond acceptors (Lipinski definition) is 4. The summed E-state index contributed by atoms with van der Waals surface area (Å²) in [5.74, 6) is 2.51. The van der Waals surface area contributed by atoms with Crippen LogP contribution < -0.4 is 5.73 Å². The van der Waals surface area contributed by atoms with E-state index >= 15 is 0 Å². The third-order valence-corrected chi connectivity index (χ3v) is 9.47. The Labute approximate surface area is 251 Å². The van der Waals surface area contributed by atoms with Gasteiger partial charge in [0.05, 0.1) is 11.0 Å². The predicted octanol–water partition coefficient (Wildman–Crippen LogP) is 8.89. The van der Waals surface area contributed by atoms with E-state index in [1.54, 1.807) is 0 Å². The number of unbranched alkanes of at least 4 members (excludes halogenated alkanes) is 1. The van der Waals surface area contributed by atoms with E-state index in [0.717, 1.165) is 72.6 Å². The zero-order valence-electron chi connectivity index (χ0n) is 26.0. The largest absolute Gasteiger partial charge is 0.382 e. The Bertz CT molecular complexity index is 1690. The smallest absolute Gasteiger partial charge is 0.152 e. The van der Waals surface area contributed by atoms with E-state index in [1.807, 2.05) is 12.1 Å². The number of anilines is 1. The molecule has 1 fully saturated rings. The van der Waals surface area contributed by atoms with Gasteiger partial charge in [-0.2, -0.15) is 0 Å². The Morgan fingerprint density at radius 3 is 2.26 bits per heavy atom. The Kier molecular flexibility index (Phi) is 8.22. The molecule has 1 saturated carbocycles. The first-order valence-corrected chi connectivity index (χ1v) is 16.1. The van der Waals surface area contributed by atoms with Crippen molar-refractivity contribution in [3.05, 3.63) is 77.6 Å². The van der Waals surface area contributed by atoms with Crippen LogP contribution in [0.25, 0.3) is 32.7 Å². The number of rotatable bonds is 10. The highest BCUT2D eigenvalue weighted by Gasteiger charge is 2.25. The quantitative estimate of drug-likeness (QED) is 0.185. The van der Waals surface area contributed by atoms with E-state index in [2.05, 4.69) is 85.7 Å². The van der Waals surface area contributed by atoms with Crippen LogP contribution in [-0.4, -0.2) is 31.5 Å². The molecule has 5 nitrogen and oxygen atoms in total. The maximum atomic E-state index is 6.49. The van der Waals surface area contributed by atoms with Crippen molar-refractivity contribution in [2.24, 2.45) is 5.92 Å². The first kappa shape index (κ1) is 28.7. The van der Waals surface area contributed by atoms with Crippen molar-refractivity contribution in [2.45, 2.75) is 97.7 Å². The molecule has 0 radical (unpaired) electrons. The molecular formula is C37H47N5. The summed E-state index contributed by atoms with van der Waals surface area (Å²) < 4.78 is 2.41.